The van der Waals surface area contributed by atoms with E-state index in [-0.39, 0.29) is 24.3 Å². The van der Waals surface area contributed by atoms with Gasteiger partial charge in [-0.3, -0.25) is 33.6 Å². The second kappa shape index (κ2) is 19.6. The smallest absolute Gasteiger partial charge is 0.305 e. The Hall–Kier alpha value is -5.36. The van der Waals surface area contributed by atoms with Crippen LogP contribution in [0.3, 0.4) is 0 Å². The number of sulfonamides is 1. The van der Waals surface area contributed by atoms with Crippen molar-refractivity contribution in [3.8, 4) is 5.75 Å². The number of carboxylic acid groups (broad SMARTS) is 2. The van der Waals surface area contributed by atoms with Crippen LogP contribution < -0.4 is 26.0 Å². The van der Waals surface area contributed by atoms with Crippen molar-refractivity contribution < 1.29 is 57.3 Å². The van der Waals surface area contributed by atoms with Crippen molar-refractivity contribution in [3.05, 3.63) is 65.7 Å². The van der Waals surface area contributed by atoms with E-state index in [2.05, 4.69) is 26.0 Å². The summed E-state index contributed by atoms with van der Waals surface area (Å²) in [5.74, 6) is -7.59. The first-order chi connectivity index (χ1) is 23.5. The molecule has 0 spiro atoms. The van der Waals surface area contributed by atoms with Gasteiger partial charge in [-0.25, -0.2) is 13.1 Å². The average Bonchev–Trinajstić information content (AvgIpc) is 3.04. The summed E-state index contributed by atoms with van der Waals surface area (Å²) in [7, 11) is -3.96. The highest BCUT2D eigenvalue weighted by molar-refractivity contribution is 7.89. The summed E-state index contributed by atoms with van der Waals surface area (Å²) in [5.41, 5.74) is 1.28. The minimum atomic E-state index is -3.96. The zero-order valence-electron chi connectivity index (χ0n) is 27.4. The molecule has 272 valence electrons. The van der Waals surface area contributed by atoms with Crippen LogP contribution in [0.25, 0.3) is 0 Å². The zero-order valence-corrected chi connectivity index (χ0v) is 28.2. The van der Waals surface area contributed by atoms with E-state index in [0.29, 0.717) is 5.56 Å². The van der Waals surface area contributed by atoms with Gasteiger partial charge < -0.3 is 36.6 Å². The van der Waals surface area contributed by atoms with E-state index in [1.54, 1.807) is 30.3 Å². The van der Waals surface area contributed by atoms with E-state index in [1.807, 2.05) is 0 Å². The maximum absolute atomic E-state index is 13.2. The summed E-state index contributed by atoms with van der Waals surface area (Å²) >= 11 is 0. The van der Waals surface area contributed by atoms with Crippen LogP contribution in [0.2, 0.25) is 0 Å². The number of hydrogen-bond acceptors (Lipinski definition) is 10. The molecule has 17 nitrogen and oxygen atoms in total. The maximum atomic E-state index is 13.2. The van der Waals surface area contributed by atoms with Crippen LogP contribution in [0.5, 0.6) is 5.75 Å². The standard InChI is InChI=1S/C32H41N5O12S/c1-19(30(45)37-25(17-29(43)44)27(40)18-33-50(48,49)15-14-21-6-4-3-5-7-21)34-31(46)24(12-13-28(41)42)36-32(47)26(35-20(2)38)16-22-8-10-23(39)11-9-22/h3-11,19,24-26,33,39H,12-18H2,1-2H3,(H,34,46)(H,35,38)(H,36,47)(H,37,45)(H,41,42)(H,43,44)/t19-,24-,25?,26-/m0/s1. The molecule has 50 heavy (non-hydrogen) atoms. The van der Waals surface area contributed by atoms with Crippen molar-refractivity contribution in [2.75, 3.05) is 12.3 Å². The normalized spacial score (nSPS) is 13.5. The Morgan fingerprint density at radius 2 is 1.32 bits per heavy atom. The summed E-state index contributed by atoms with van der Waals surface area (Å²) in [5, 5.41) is 37.3. The van der Waals surface area contributed by atoms with Crippen LogP contribution in [-0.4, -0.2) is 102 Å². The summed E-state index contributed by atoms with van der Waals surface area (Å²) in [4.78, 5) is 86.6. The highest BCUT2D eigenvalue weighted by Gasteiger charge is 2.31. The quantitative estimate of drug-likeness (QED) is 0.0771. The largest absolute Gasteiger partial charge is 0.508 e. The number of benzene rings is 2. The van der Waals surface area contributed by atoms with E-state index in [4.69, 9.17) is 0 Å². The van der Waals surface area contributed by atoms with E-state index in [9.17, 15) is 57.3 Å². The Morgan fingerprint density at radius 1 is 0.720 bits per heavy atom. The van der Waals surface area contributed by atoms with Gasteiger partial charge in [-0.2, -0.15) is 0 Å². The minimum Gasteiger partial charge on any atom is -0.508 e. The first-order valence-corrected chi connectivity index (χ1v) is 17.0. The average molecular weight is 720 g/mol. The molecule has 2 aromatic carbocycles. The monoisotopic (exact) mass is 719 g/mol. The molecule has 0 heterocycles. The van der Waals surface area contributed by atoms with Gasteiger partial charge in [-0.1, -0.05) is 42.5 Å². The lowest BCUT2D eigenvalue weighted by Crippen LogP contribution is -2.57. The number of phenols is 1. The molecule has 18 heteroatoms. The number of nitrogens with one attached hydrogen (secondary N) is 5. The van der Waals surface area contributed by atoms with E-state index >= 15 is 0 Å². The molecule has 0 bridgehead atoms. The number of hydrogen-bond donors (Lipinski definition) is 8. The predicted molar refractivity (Wildman–Crippen MR) is 177 cm³/mol. The van der Waals surface area contributed by atoms with Gasteiger partial charge >= 0.3 is 11.9 Å². The van der Waals surface area contributed by atoms with Gasteiger partial charge in [0.15, 0.2) is 5.78 Å². The van der Waals surface area contributed by atoms with Crippen LogP contribution in [0.1, 0.15) is 44.2 Å². The lowest BCUT2D eigenvalue weighted by atomic mass is 10.0. The van der Waals surface area contributed by atoms with Crippen molar-refractivity contribution >= 4 is 51.4 Å². The molecule has 0 aliphatic heterocycles. The zero-order chi connectivity index (χ0) is 37.4. The number of ketones is 1. The molecule has 4 amide bonds. The van der Waals surface area contributed by atoms with Crippen molar-refractivity contribution in [3.63, 3.8) is 0 Å². The highest BCUT2D eigenvalue weighted by Crippen LogP contribution is 2.12. The number of aryl methyl sites for hydroxylation is 1. The van der Waals surface area contributed by atoms with Crippen molar-refractivity contribution in [1.29, 1.82) is 0 Å². The van der Waals surface area contributed by atoms with Crippen LogP contribution in [0.15, 0.2) is 54.6 Å². The molecule has 0 saturated carbocycles. The van der Waals surface area contributed by atoms with E-state index in [1.165, 1.54) is 31.2 Å². The van der Waals surface area contributed by atoms with Gasteiger partial charge in [0.1, 0.15) is 23.9 Å². The maximum Gasteiger partial charge on any atom is 0.305 e. The Bertz CT molecular complexity index is 1630. The first-order valence-electron chi connectivity index (χ1n) is 15.4. The number of carbonyl (C=O) groups excluding carboxylic acids is 5. The molecule has 0 fully saturated rings. The van der Waals surface area contributed by atoms with Crippen LogP contribution in [-0.2, 0) is 56.4 Å². The fourth-order valence-electron chi connectivity index (χ4n) is 4.50. The van der Waals surface area contributed by atoms with Gasteiger partial charge in [0, 0.05) is 19.8 Å². The number of phenolic OH excluding ortho intramolecular Hbond substituents is 1. The Balaban J connectivity index is 2.08. The molecule has 0 aromatic heterocycles. The van der Waals surface area contributed by atoms with Crippen LogP contribution in [0, 0.1) is 0 Å². The number of carboxylic acids is 2. The SMILES string of the molecule is CC(=O)N[C@@H](Cc1ccc(O)cc1)C(=O)N[C@@H](CCC(=O)O)C(=O)N[C@@H](C)C(=O)NC(CC(=O)O)C(=O)CNS(=O)(=O)CCc1ccccc1. The fraction of sp³-hybridized carbons (Fsp3) is 0.406. The summed E-state index contributed by atoms with van der Waals surface area (Å²) in [6, 6.07) is 8.60. The Morgan fingerprint density at radius 3 is 1.90 bits per heavy atom. The molecule has 2 rings (SSSR count). The van der Waals surface area contributed by atoms with Gasteiger partial charge in [-0.05, 0) is 43.0 Å². The topological polar surface area (TPSA) is 274 Å². The number of aliphatic carboxylic acids is 2. The second-order valence-corrected chi connectivity index (χ2v) is 13.3. The molecule has 0 aliphatic carbocycles. The Labute approximate surface area is 288 Å². The minimum absolute atomic E-state index is 0.0318. The number of aromatic hydroxyl groups is 1. The fourth-order valence-corrected chi connectivity index (χ4v) is 5.51. The molecule has 4 atom stereocenters. The second-order valence-electron chi connectivity index (χ2n) is 11.3. The molecule has 0 saturated heterocycles. The van der Waals surface area contributed by atoms with Crippen LogP contribution in [0.4, 0.5) is 0 Å². The predicted octanol–water partition coefficient (Wildman–Crippen LogP) is -1.02. The molecule has 1 unspecified atom stereocenters. The summed E-state index contributed by atoms with van der Waals surface area (Å²) < 4.78 is 27.0. The first kappa shape index (κ1) is 40.8. The molecule has 0 aliphatic rings. The van der Waals surface area contributed by atoms with E-state index in [0.717, 1.165) is 12.5 Å². The van der Waals surface area contributed by atoms with Gasteiger partial charge in [0.05, 0.1) is 24.8 Å². The van der Waals surface area contributed by atoms with E-state index < -0.39 is 101 Å². The molecular weight excluding hydrogens is 678 g/mol. The number of amides is 4. The van der Waals surface area contributed by atoms with Crippen molar-refractivity contribution in [2.45, 2.75) is 70.1 Å². The molecule has 2 aromatic rings. The third kappa shape index (κ3) is 15.2. The summed E-state index contributed by atoms with van der Waals surface area (Å²) in [6.45, 7) is 1.53. The van der Waals surface area contributed by atoms with Crippen molar-refractivity contribution in [2.24, 2.45) is 0 Å². The lowest BCUT2D eigenvalue weighted by Gasteiger charge is -2.25. The number of Topliss-reactive ketones (excluding diaryl/α,β-unsaturated/α-hetero) is 1. The number of carbonyl (C=O) groups is 7. The third-order valence-electron chi connectivity index (χ3n) is 7.15. The van der Waals surface area contributed by atoms with Crippen LogP contribution >= 0.6 is 0 Å². The third-order valence-corrected chi connectivity index (χ3v) is 8.48. The molecule has 8 N–H and O–H groups in total. The lowest BCUT2D eigenvalue weighted by molar-refractivity contribution is -0.141. The van der Waals surface area contributed by atoms with Gasteiger partial charge in [0.25, 0.3) is 0 Å². The molecule has 0 radical (unpaired) electrons. The van der Waals surface area contributed by atoms with Crippen molar-refractivity contribution in [1.82, 2.24) is 26.0 Å². The Kier molecular flexibility index (Phi) is 16.0. The summed E-state index contributed by atoms with van der Waals surface area (Å²) in [6.07, 6.45) is -1.80. The van der Waals surface area contributed by atoms with Gasteiger partial charge in [-0.15, -0.1) is 0 Å². The number of rotatable bonds is 21. The van der Waals surface area contributed by atoms with Gasteiger partial charge in [0.2, 0.25) is 33.7 Å². The highest BCUT2D eigenvalue weighted by atomic mass is 32.2. The molecular formula is C32H41N5O12S.